The molecule has 0 spiro atoms. The normalized spacial score (nSPS) is 10.6. The molecule has 0 fully saturated rings. The van der Waals surface area contributed by atoms with Crippen molar-refractivity contribution in [3.63, 3.8) is 0 Å². The Balaban J connectivity index is -0.000000242. The number of quaternary nitrogens is 1. The van der Waals surface area contributed by atoms with Crippen molar-refractivity contribution in [1.29, 1.82) is 0 Å². The minimum Gasteiger partial charge on any atom is -1.00 e. The summed E-state index contributed by atoms with van der Waals surface area (Å²) < 4.78 is 14.2. The fourth-order valence-electron chi connectivity index (χ4n) is 0.420. The van der Waals surface area contributed by atoms with Gasteiger partial charge < -0.3 is 42.0 Å². The molecule has 16 heavy (non-hydrogen) atoms. The van der Waals surface area contributed by atoms with Crippen molar-refractivity contribution >= 4 is 13.9 Å². The fourth-order valence-corrected chi connectivity index (χ4v) is 0.420. The van der Waals surface area contributed by atoms with E-state index in [-0.39, 0.29) is 12.4 Å². The number of halogens is 1. The van der Waals surface area contributed by atoms with Gasteiger partial charge in [0.25, 0.3) is 0 Å². The summed E-state index contributed by atoms with van der Waals surface area (Å²) in [6.07, 6.45) is -0.701. The first kappa shape index (κ1) is 21.0. The first-order valence-corrected chi connectivity index (χ1v) is 5.49. The SMILES string of the molecule is C[N+](C)(C)CCOC(N)=O.O=P(O)(O)O.[Cl-]. The van der Waals surface area contributed by atoms with Crippen LogP contribution in [-0.2, 0) is 9.30 Å². The minimum atomic E-state index is -4.64. The van der Waals surface area contributed by atoms with Gasteiger partial charge in [0, 0.05) is 0 Å². The van der Waals surface area contributed by atoms with Crippen molar-refractivity contribution in [1.82, 2.24) is 0 Å². The molecule has 0 saturated heterocycles. The Morgan fingerprint density at radius 1 is 1.31 bits per heavy atom. The molecule has 0 heterocycles. The molecule has 0 saturated carbocycles. The van der Waals surface area contributed by atoms with E-state index in [0.717, 1.165) is 11.0 Å². The lowest BCUT2D eigenvalue weighted by atomic mass is 10.5. The highest BCUT2D eigenvalue weighted by Crippen LogP contribution is 2.25. The van der Waals surface area contributed by atoms with Gasteiger partial charge >= 0.3 is 13.9 Å². The number of nitrogens with two attached hydrogens (primary N) is 1. The number of ether oxygens (including phenoxy) is 1. The van der Waals surface area contributed by atoms with Gasteiger partial charge in [-0.25, -0.2) is 9.36 Å². The average Bonchev–Trinajstić information content (AvgIpc) is 1.77. The van der Waals surface area contributed by atoms with Gasteiger partial charge in [-0.2, -0.15) is 0 Å². The summed E-state index contributed by atoms with van der Waals surface area (Å²) in [4.78, 5) is 31.6. The third kappa shape index (κ3) is 49.5. The highest BCUT2D eigenvalue weighted by atomic mass is 35.5. The van der Waals surface area contributed by atoms with E-state index in [9.17, 15) is 4.79 Å². The zero-order valence-corrected chi connectivity index (χ0v) is 11.0. The number of hydrogen-bond donors (Lipinski definition) is 4. The summed E-state index contributed by atoms with van der Waals surface area (Å²) in [7, 11) is 1.42. The Hall–Kier alpha value is -0.370. The van der Waals surface area contributed by atoms with Gasteiger partial charge in [0.2, 0.25) is 0 Å². The molecule has 0 aliphatic rings. The van der Waals surface area contributed by atoms with Crippen LogP contribution in [0.15, 0.2) is 0 Å². The Bertz CT molecular complexity index is 229. The summed E-state index contributed by atoms with van der Waals surface area (Å²) in [5, 5.41) is 0. The molecule has 0 atom stereocenters. The average molecular weight is 281 g/mol. The highest BCUT2D eigenvalue weighted by molar-refractivity contribution is 7.45. The molecule has 8 nitrogen and oxygen atoms in total. The molecule has 0 rings (SSSR count). The number of hydrogen-bond acceptors (Lipinski definition) is 3. The van der Waals surface area contributed by atoms with Crippen LogP contribution in [0.3, 0.4) is 0 Å². The van der Waals surface area contributed by atoms with Crippen molar-refractivity contribution in [2.24, 2.45) is 5.73 Å². The first-order chi connectivity index (χ1) is 6.42. The second-order valence-electron chi connectivity index (χ2n) is 3.69. The second-order valence-corrected chi connectivity index (χ2v) is 4.72. The van der Waals surface area contributed by atoms with Crippen LogP contribution < -0.4 is 18.1 Å². The molecular weight excluding hydrogens is 263 g/mol. The monoisotopic (exact) mass is 280 g/mol. The molecule has 0 aliphatic carbocycles. The van der Waals surface area contributed by atoms with Crippen LogP contribution in [0.5, 0.6) is 0 Å². The topological polar surface area (TPSA) is 130 Å². The Morgan fingerprint density at radius 3 is 1.81 bits per heavy atom. The number of likely N-dealkylation sites (N-methyl/N-ethyl adjacent to an activating group) is 1. The van der Waals surface area contributed by atoms with E-state index in [1.54, 1.807) is 0 Å². The van der Waals surface area contributed by atoms with Crippen LogP contribution in [0.4, 0.5) is 4.79 Å². The van der Waals surface area contributed by atoms with E-state index >= 15 is 0 Å². The van der Waals surface area contributed by atoms with Crippen molar-refractivity contribution in [2.75, 3.05) is 34.3 Å². The molecule has 0 aromatic carbocycles. The van der Waals surface area contributed by atoms with Crippen LogP contribution in [0.1, 0.15) is 0 Å². The van der Waals surface area contributed by atoms with E-state index in [0.29, 0.717) is 6.61 Å². The van der Waals surface area contributed by atoms with E-state index in [1.165, 1.54) is 0 Å². The summed E-state index contributed by atoms with van der Waals surface area (Å²) in [6, 6.07) is 0. The molecule has 0 radical (unpaired) electrons. The summed E-state index contributed by atoms with van der Waals surface area (Å²) >= 11 is 0. The van der Waals surface area contributed by atoms with Crippen molar-refractivity contribution in [3.8, 4) is 0 Å². The maximum absolute atomic E-state index is 10.1. The van der Waals surface area contributed by atoms with Gasteiger partial charge in [-0.1, -0.05) is 0 Å². The zero-order chi connectivity index (χ0) is 12.7. The molecule has 0 aliphatic heterocycles. The van der Waals surface area contributed by atoms with Gasteiger partial charge in [0.05, 0.1) is 21.1 Å². The predicted octanol–water partition coefficient (Wildman–Crippen LogP) is -4.14. The summed E-state index contributed by atoms with van der Waals surface area (Å²) in [5.74, 6) is 0. The van der Waals surface area contributed by atoms with Crippen LogP contribution in [-0.4, -0.2) is 59.6 Å². The van der Waals surface area contributed by atoms with Gasteiger partial charge in [0.1, 0.15) is 13.2 Å². The molecule has 0 unspecified atom stereocenters. The van der Waals surface area contributed by atoms with Gasteiger partial charge in [-0.05, 0) is 0 Å². The largest absolute Gasteiger partial charge is 1.00 e. The van der Waals surface area contributed by atoms with Crippen LogP contribution in [0.2, 0.25) is 0 Å². The van der Waals surface area contributed by atoms with E-state index in [2.05, 4.69) is 4.74 Å². The van der Waals surface area contributed by atoms with Gasteiger partial charge in [-0.15, -0.1) is 0 Å². The third-order valence-corrected chi connectivity index (χ3v) is 1.01. The maximum Gasteiger partial charge on any atom is 0.466 e. The molecule has 0 aromatic rings. The number of nitrogens with zero attached hydrogens (tertiary/aromatic N) is 1. The molecule has 0 aromatic heterocycles. The van der Waals surface area contributed by atoms with Gasteiger partial charge in [0.15, 0.2) is 0 Å². The number of carbonyl (C=O) groups excluding carboxylic acids is 1. The van der Waals surface area contributed by atoms with Crippen molar-refractivity contribution < 1.29 is 45.7 Å². The predicted molar refractivity (Wildman–Crippen MR) is 52.7 cm³/mol. The molecule has 1 amide bonds. The van der Waals surface area contributed by atoms with Crippen LogP contribution in [0.25, 0.3) is 0 Å². The smallest absolute Gasteiger partial charge is 0.466 e. The quantitative estimate of drug-likeness (QED) is 0.307. The summed E-state index contributed by atoms with van der Waals surface area (Å²) in [6.45, 7) is 1.17. The van der Waals surface area contributed by atoms with E-state index < -0.39 is 13.9 Å². The minimum absolute atomic E-state index is 0. The number of phosphoric acid groups is 1. The molecule has 10 heteroatoms. The number of amides is 1. The van der Waals surface area contributed by atoms with E-state index in [4.69, 9.17) is 25.0 Å². The maximum atomic E-state index is 10.1. The molecule has 0 bridgehead atoms. The number of rotatable bonds is 3. The van der Waals surface area contributed by atoms with Crippen LogP contribution >= 0.6 is 7.82 Å². The fraction of sp³-hybridized carbons (Fsp3) is 0.833. The Labute approximate surface area is 100 Å². The molecule has 100 valence electrons. The zero-order valence-electron chi connectivity index (χ0n) is 9.33. The second kappa shape index (κ2) is 8.74. The lowest BCUT2D eigenvalue weighted by molar-refractivity contribution is -0.870. The third-order valence-electron chi connectivity index (χ3n) is 1.01. The molecule has 5 N–H and O–H groups in total. The lowest BCUT2D eigenvalue weighted by Crippen LogP contribution is -3.00. The van der Waals surface area contributed by atoms with Gasteiger partial charge in [-0.3, -0.25) is 0 Å². The molecular formula is C6H18ClN2O6P. The van der Waals surface area contributed by atoms with Crippen LogP contribution in [0, 0.1) is 0 Å². The standard InChI is InChI=1S/C6H14N2O2.ClH.H3O4P/c1-8(2,3)4-5-10-6(7)9;;1-5(2,3)4/h4-5H2,1-3H3,(H-,7,9);1H;(H3,1,2,3,4). The Morgan fingerprint density at radius 2 is 1.62 bits per heavy atom. The van der Waals surface area contributed by atoms with Crippen molar-refractivity contribution in [3.05, 3.63) is 0 Å². The first-order valence-electron chi connectivity index (χ1n) is 3.93. The Kier molecular flexibility index (Phi) is 11.5. The lowest BCUT2D eigenvalue weighted by Gasteiger charge is -2.22. The highest BCUT2D eigenvalue weighted by Gasteiger charge is 2.06. The number of carbonyl (C=O) groups is 1. The number of primary amides is 1. The van der Waals surface area contributed by atoms with Crippen molar-refractivity contribution in [2.45, 2.75) is 0 Å². The van der Waals surface area contributed by atoms with E-state index in [1.807, 2.05) is 21.1 Å². The summed E-state index contributed by atoms with van der Waals surface area (Å²) in [5.41, 5.74) is 4.75.